The van der Waals surface area contributed by atoms with Gasteiger partial charge in [0.1, 0.15) is 12.5 Å². The topological polar surface area (TPSA) is 55.8 Å². The van der Waals surface area contributed by atoms with E-state index in [0.29, 0.717) is 13.2 Å². The van der Waals surface area contributed by atoms with Crippen LogP contribution in [0.15, 0.2) is 30.3 Å². The van der Waals surface area contributed by atoms with Crippen molar-refractivity contribution in [2.24, 2.45) is 0 Å². The molecule has 0 spiro atoms. The first-order valence-electron chi connectivity index (χ1n) is 5.69. The van der Waals surface area contributed by atoms with Gasteiger partial charge in [-0.05, 0) is 12.5 Å². The highest BCUT2D eigenvalue weighted by atomic mass is 16.6. The molecule has 17 heavy (non-hydrogen) atoms. The number of hydrogen-bond acceptors (Lipinski definition) is 4. The maximum absolute atomic E-state index is 11.7. The summed E-state index contributed by atoms with van der Waals surface area (Å²) in [5, 5.41) is 9.22. The van der Waals surface area contributed by atoms with Gasteiger partial charge in [-0.2, -0.15) is 0 Å². The van der Waals surface area contributed by atoms with Crippen molar-refractivity contribution in [1.82, 2.24) is 0 Å². The molecule has 1 atom stereocenters. The number of rotatable bonds is 7. The van der Waals surface area contributed by atoms with Crippen molar-refractivity contribution >= 4 is 5.97 Å². The summed E-state index contributed by atoms with van der Waals surface area (Å²) in [5.41, 5.74) is 0.761. The molecule has 0 unspecified atom stereocenters. The molecule has 1 rings (SSSR count). The Hall–Kier alpha value is -1.39. The van der Waals surface area contributed by atoms with Crippen molar-refractivity contribution in [3.05, 3.63) is 35.9 Å². The zero-order valence-electron chi connectivity index (χ0n) is 9.96. The van der Waals surface area contributed by atoms with Gasteiger partial charge in [0.05, 0.1) is 13.2 Å². The average Bonchev–Trinajstić information content (AvgIpc) is 2.37. The molecule has 0 saturated heterocycles. The highest BCUT2D eigenvalue weighted by Gasteiger charge is 2.20. The van der Waals surface area contributed by atoms with E-state index in [1.807, 2.05) is 25.1 Å². The zero-order chi connectivity index (χ0) is 12.5. The van der Waals surface area contributed by atoms with Crippen LogP contribution >= 0.6 is 0 Å². The molecule has 0 aliphatic carbocycles. The van der Waals surface area contributed by atoms with Crippen LogP contribution in [-0.2, 0) is 14.3 Å². The van der Waals surface area contributed by atoms with Gasteiger partial charge >= 0.3 is 5.97 Å². The normalized spacial score (nSPS) is 12.1. The maximum Gasteiger partial charge on any atom is 0.315 e. The molecule has 0 heterocycles. The summed E-state index contributed by atoms with van der Waals surface area (Å²) in [7, 11) is 0. The average molecular weight is 238 g/mol. The van der Waals surface area contributed by atoms with Gasteiger partial charge in [0.15, 0.2) is 0 Å². The number of ether oxygens (including phenoxy) is 2. The quantitative estimate of drug-likeness (QED) is 0.575. The van der Waals surface area contributed by atoms with Crippen LogP contribution in [-0.4, -0.2) is 37.5 Å². The molecular formula is C13H18O4. The lowest BCUT2D eigenvalue weighted by Gasteiger charge is -2.13. The molecule has 1 aromatic rings. The summed E-state index contributed by atoms with van der Waals surface area (Å²) in [6.45, 7) is 2.82. The van der Waals surface area contributed by atoms with Crippen LogP contribution in [0.5, 0.6) is 0 Å². The molecule has 1 aromatic carbocycles. The van der Waals surface area contributed by atoms with Gasteiger partial charge in [0.2, 0.25) is 0 Å². The maximum atomic E-state index is 11.7. The largest absolute Gasteiger partial charge is 0.463 e. The van der Waals surface area contributed by atoms with Crippen LogP contribution in [0.2, 0.25) is 0 Å². The van der Waals surface area contributed by atoms with Gasteiger partial charge in [-0.3, -0.25) is 4.79 Å². The van der Waals surface area contributed by atoms with E-state index in [9.17, 15) is 9.90 Å². The van der Waals surface area contributed by atoms with Crippen molar-refractivity contribution in [2.75, 3.05) is 26.4 Å². The molecular weight excluding hydrogens is 220 g/mol. The first kappa shape index (κ1) is 13.7. The second-order valence-corrected chi connectivity index (χ2v) is 3.51. The minimum absolute atomic E-state index is 0.218. The molecule has 0 aromatic heterocycles. The summed E-state index contributed by atoms with van der Waals surface area (Å²) >= 11 is 0. The van der Waals surface area contributed by atoms with Crippen molar-refractivity contribution in [2.45, 2.75) is 12.8 Å². The molecule has 0 aliphatic rings. The summed E-state index contributed by atoms with van der Waals surface area (Å²) in [6.07, 6.45) is 0. The SMILES string of the molecule is CCOCCOC(=O)[C@H](CO)c1ccccc1. The van der Waals surface area contributed by atoms with Crippen LogP contribution in [0.3, 0.4) is 0 Å². The Balaban J connectivity index is 2.48. The van der Waals surface area contributed by atoms with E-state index in [4.69, 9.17) is 9.47 Å². The van der Waals surface area contributed by atoms with Gasteiger partial charge in [-0.25, -0.2) is 0 Å². The fourth-order valence-corrected chi connectivity index (χ4v) is 1.45. The number of aliphatic hydroxyl groups is 1. The van der Waals surface area contributed by atoms with E-state index in [-0.39, 0.29) is 13.2 Å². The van der Waals surface area contributed by atoms with Crippen LogP contribution in [0.4, 0.5) is 0 Å². The molecule has 4 nitrogen and oxygen atoms in total. The summed E-state index contributed by atoms with van der Waals surface area (Å²) in [6, 6.07) is 9.10. The van der Waals surface area contributed by atoms with Crippen LogP contribution in [0.25, 0.3) is 0 Å². The van der Waals surface area contributed by atoms with E-state index in [0.717, 1.165) is 5.56 Å². The van der Waals surface area contributed by atoms with Crippen LogP contribution < -0.4 is 0 Å². The molecule has 94 valence electrons. The molecule has 0 saturated carbocycles. The van der Waals surface area contributed by atoms with Gasteiger partial charge in [-0.15, -0.1) is 0 Å². The third kappa shape index (κ3) is 4.54. The smallest absolute Gasteiger partial charge is 0.315 e. The van der Waals surface area contributed by atoms with Crippen LogP contribution in [0, 0.1) is 0 Å². The molecule has 0 amide bonds. The van der Waals surface area contributed by atoms with Gasteiger partial charge in [-0.1, -0.05) is 30.3 Å². The minimum atomic E-state index is -0.613. The third-order valence-corrected chi connectivity index (χ3v) is 2.35. The Morgan fingerprint density at radius 2 is 2.00 bits per heavy atom. The monoisotopic (exact) mass is 238 g/mol. The van der Waals surface area contributed by atoms with E-state index in [1.165, 1.54) is 0 Å². The summed E-state index contributed by atoms with van der Waals surface area (Å²) in [5.74, 6) is -1.03. The van der Waals surface area contributed by atoms with Crippen molar-refractivity contribution < 1.29 is 19.4 Å². The third-order valence-electron chi connectivity index (χ3n) is 2.35. The molecule has 0 aliphatic heterocycles. The lowest BCUT2D eigenvalue weighted by atomic mass is 10.0. The molecule has 0 radical (unpaired) electrons. The molecule has 1 N–H and O–H groups in total. The Morgan fingerprint density at radius 1 is 1.29 bits per heavy atom. The number of esters is 1. The summed E-state index contributed by atoms with van der Waals surface area (Å²) < 4.78 is 10.1. The number of benzene rings is 1. The van der Waals surface area contributed by atoms with E-state index >= 15 is 0 Å². The standard InChI is InChI=1S/C13H18O4/c1-2-16-8-9-17-13(15)12(10-14)11-6-4-3-5-7-11/h3-7,12,14H,2,8-10H2,1H3/t12-/m1/s1. The van der Waals surface area contributed by atoms with E-state index < -0.39 is 11.9 Å². The van der Waals surface area contributed by atoms with Gasteiger partial charge in [0, 0.05) is 6.61 Å². The Morgan fingerprint density at radius 3 is 2.59 bits per heavy atom. The van der Waals surface area contributed by atoms with Crippen LogP contribution in [0.1, 0.15) is 18.4 Å². The highest BCUT2D eigenvalue weighted by molar-refractivity contribution is 5.78. The number of aliphatic hydroxyl groups excluding tert-OH is 1. The Labute approximate surface area is 101 Å². The minimum Gasteiger partial charge on any atom is -0.463 e. The predicted molar refractivity (Wildman–Crippen MR) is 63.7 cm³/mol. The fraction of sp³-hybridized carbons (Fsp3) is 0.462. The van der Waals surface area contributed by atoms with Crippen molar-refractivity contribution in [3.63, 3.8) is 0 Å². The lowest BCUT2D eigenvalue weighted by molar-refractivity contribution is -0.148. The lowest BCUT2D eigenvalue weighted by Crippen LogP contribution is -2.21. The van der Waals surface area contributed by atoms with Crippen molar-refractivity contribution in [1.29, 1.82) is 0 Å². The number of hydrogen-bond donors (Lipinski definition) is 1. The Kier molecular flexibility index (Phi) is 6.29. The summed E-state index contributed by atoms with van der Waals surface area (Å²) in [4.78, 5) is 11.7. The van der Waals surface area contributed by atoms with E-state index in [2.05, 4.69) is 0 Å². The second-order valence-electron chi connectivity index (χ2n) is 3.51. The van der Waals surface area contributed by atoms with E-state index in [1.54, 1.807) is 12.1 Å². The first-order chi connectivity index (χ1) is 8.29. The van der Waals surface area contributed by atoms with Gasteiger partial charge in [0.25, 0.3) is 0 Å². The Bertz CT molecular complexity index is 323. The molecule has 0 bridgehead atoms. The zero-order valence-corrected chi connectivity index (χ0v) is 9.96. The molecule has 0 fully saturated rings. The molecule has 4 heteroatoms. The number of carbonyl (C=O) groups is 1. The second kappa shape index (κ2) is 7.81. The van der Waals surface area contributed by atoms with Crippen molar-refractivity contribution in [3.8, 4) is 0 Å². The number of carbonyl (C=O) groups excluding carboxylic acids is 1. The highest BCUT2D eigenvalue weighted by Crippen LogP contribution is 2.16. The van der Waals surface area contributed by atoms with Gasteiger partial charge < -0.3 is 14.6 Å². The first-order valence-corrected chi connectivity index (χ1v) is 5.69. The predicted octanol–water partition coefficient (Wildman–Crippen LogP) is 1.34. The fourth-order valence-electron chi connectivity index (χ4n) is 1.45.